The second-order valence-electron chi connectivity index (χ2n) is 12.7. The maximum atomic E-state index is 12.9. The van der Waals surface area contributed by atoms with E-state index in [9.17, 15) is 9.59 Å². The number of methoxy groups -OCH3 is 1. The molecule has 0 bridgehead atoms. The number of alkyl halides is 1. The molecule has 1 aromatic carbocycles. The van der Waals surface area contributed by atoms with Crippen molar-refractivity contribution in [2.75, 3.05) is 19.0 Å². The summed E-state index contributed by atoms with van der Waals surface area (Å²) < 4.78 is 7.35. The summed E-state index contributed by atoms with van der Waals surface area (Å²) in [5, 5.41) is 3.61. The number of imidazole rings is 1. The van der Waals surface area contributed by atoms with Gasteiger partial charge in [-0.05, 0) is 74.1 Å². The van der Waals surface area contributed by atoms with Crippen molar-refractivity contribution in [3.63, 3.8) is 0 Å². The van der Waals surface area contributed by atoms with Crippen LogP contribution in [0.5, 0.6) is 0 Å². The molecule has 0 radical (unpaired) electrons. The van der Waals surface area contributed by atoms with Gasteiger partial charge in [0.1, 0.15) is 16.2 Å². The molecule has 4 aliphatic carbocycles. The summed E-state index contributed by atoms with van der Waals surface area (Å²) in [5.74, 6) is 2.34. The van der Waals surface area contributed by atoms with Crippen molar-refractivity contribution < 1.29 is 14.3 Å². The van der Waals surface area contributed by atoms with Gasteiger partial charge in [-0.3, -0.25) is 14.4 Å². The van der Waals surface area contributed by atoms with Crippen molar-refractivity contribution in [3.05, 3.63) is 47.9 Å². The summed E-state index contributed by atoms with van der Waals surface area (Å²) in [5.41, 5.74) is 5.17. The molecule has 0 amide bonds. The minimum Gasteiger partial charge on any atom is -0.467 e. The number of halogens is 1. The second kappa shape index (κ2) is 11.2. The maximum absolute atomic E-state index is 12.9. The van der Waals surface area contributed by atoms with Crippen LogP contribution in [-0.2, 0) is 27.2 Å². The zero-order chi connectivity index (χ0) is 28.8. The number of hydrogen-bond acceptors (Lipinski definition) is 7. The number of carbonyl (C=O) groups excluding carboxylic acids is 2. The minimum absolute atomic E-state index is 0.211. The number of anilines is 1. The van der Waals surface area contributed by atoms with Gasteiger partial charge in [0.25, 0.3) is 0 Å². The lowest BCUT2D eigenvalue weighted by molar-refractivity contribution is -0.142. The van der Waals surface area contributed by atoms with Gasteiger partial charge in [-0.2, -0.15) is 0 Å². The molecular weight excluding hydrogens is 594 g/mol. The molecule has 2 heterocycles. The molecule has 1 N–H and O–H groups in total. The van der Waals surface area contributed by atoms with Crippen molar-refractivity contribution in [1.82, 2.24) is 14.5 Å². The van der Waals surface area contributed by atoms with E-state index < -0.39 is 16.3 Å². The van der Waals surface area contributed by atoms with Crippen molar-refractivity contribution >= 4 is 50.2 Å². The number of nitrogens with zero attached hydrogens (tertiary/aromatic N) is 4. The molecule has 2 aromatic heterocycles. The van der Waals surface area contributed by atoms with Crippen molar-refractivity contribution in [2.24, 2.45) is 22.2 Å². The molecule has 4 aliphatic rings. The lowest BCUT2D eigenvalue weighted by Crippen LogP contribution is -2.61. The SMILES string of the molecule is COC(=O)[C@H](Cc1ccc(-n2c(CC3CC3)nc3c(NCC4CC4)ccnc32)cc1)N=C1C(Br)C(=O)C12CCCCC2. The molecule has 8 nitrogen and oxygen atoms in total. The molecule has 0 saturated heterocycles. The third-order valence-electron chi connectivity index (χ3n) is 9.59. The largest absolute Gasteiger partial charge is 0.467 e. The normalized spacial score (nSPS) is 23.2. The molecule has 9 heteroatoms. The van der Waals surface area contributed by atoms with E-state index in [4.69, 9.17) is 19.7 Å². The summed E-state index contributed by atoms with van der Waals surface area (Å²) in [7, 11) is 1.40. The first kappa shape index (κ1) is 27.7. The number of esters is 1. The van der Waals surface area contributed by atoms with Gasteiger partial charge in [0.15, 0.2) is 17.5 Å². The van der Waals surface area contributed by atoms with Crippen molar-refractivity contribution in [1.29, 1.82) is 0 Å². The number of hydrogen-bond donors (Lipinski definition) is 1. The molecular formula is C33H38BrN5O3. The Morgan fingerprint density at radius 3 is 2.55 bits per heavy atom. The Morgan fingerprint density at radius 1 is 1.12 bits per heavy atom. The van der Waals surface area contributed by atoms with Crippen LogP contribution >= 0.6 is 15.9 Å². The lowest BCUT2D eigenvalue weighted by atomic mass is 9.58. The van der Waals surface area contributed by atoms with Gasteiger partial charge < -0.3 is 10.1 Å². The monoisotopic (exact) mass is 631 g/mol. The molecule has 4 fully saturated rings. The fourth-order valence-corrected chi connectivity index (χ4v) is 7.71. The number of nitrogens with one attached hydrogen (secondary N) is 1. The number of aliphatic imine (C=N–C) groups is 1. The Labute approximate surface area is 254 Å². The van der Waals surface area contributed by atoms with E-state index in [0.717, 1.165) is 90.6 Å². The zero-order valence-electron chi connectivity index (χ0n) is 24.2. The van der Waals surface area contributed by atoms with Crippen LogP contribution in [0, 0.1) is 17.3 Å². The van der Waals surface area contributed by atoms with Crippen molar-refractivity contribution in [3.8, 4) is 5.69 Å². The van der Waals surface area contributed by atoms with Crippen LogP contribution in [0.25, 0.3) is 16.9 Å². The van der Waals surface area contributed by atoms with Crippen LogP contribution in [0.15, 0.2) is 41.5 Å². The first-order chi connectivity index (χ1) is 20.5. The molecule has 0 aliphatic heterocycles. The van der Waals surface area contributed by atoms with Gasteiger partial charge in [0.05, 0.1) is 18.2 Å². The van der Waals surface area contributed by atoms with Gasteiger partial charge in [0.2, 0.25) is 0 Å². The fraction of sp³-hybridized carbons (Fsp3) is 0.545. The van der Waals surface area contributed by atoms with Crippen LogP contribution in [0.2, 0.25) is 0 Å². The first-order valence-corrected chi connectivity index (χ1v) is 16.4. The van der Waals surface area contributed by atoms with E-state index in [-0.39, 0.29) is 11.8 Å². The quantitative estimate of drug-likeness (QED) is 0.217. The summed E-state index contributed by atoms with van der Waals surface area (Å²) >= 11 is 3.54. The molecule has 220 valence electrons. The fourth-order valence-electron chi connectivity index (χ4n) is 6.72. The van der Waals surface area contributed by atoms with Gasteiger partial charge in [-0.15, -0.1) is 0 Å². The van der Waals surface area contributed by atoms with Crippen LogP contribution in [0.3, 0.4) is 0 Å². The average molecular weight is 633 g/mol. The number of aromatic nitrogens is 3. The molecule has 4 saturated carbocycles. The Kier molecular flexibility index (Phi) is 7.41. The van der Waals surface area contributed by atoms with Crippen LogP contribution < -0.4 is 5.32 Å². The molecule has 3 aromatic rings. The van der Waals surface area contributed by atoms with Crippen LogP contribution in [0.4, 0.5) is 5.69 Å². The van der Waals surface area contributed by atoms with Crippen molar-refractivity contribution in [2.45, 2.75) is 81.5 Å². The van der Waals surface area contributed by atoms with Gasteiger partial charge >= 0.3 is 5.97 Å². The number of ketones is 1. The number of Topliss-reactive ketones (excluding diaryl/α,β-unsaturated/α-hetero) is 1. The Morgan fingerprint density at radius 2 is 1.86 bits per heavy atom. The number of benzene rings is 1. The summed E-state index contributed by atoms with van der Waals surface area (Å²) in [4.78, 5) is 40.2. The second-order valence-corrected chi connectivity index (χ2v) is 13.6. The maximum Gasteiger partial charge on any atom is 0.330 e. The summed E-state index contributed by atoms with van der Waals surface area (Å²) in [6.07, 6.45) is 13.2. The lowest BCUT2D eigenvalue weighted by Gasteiger charge is -2.47. The number of carbonyl (C=O) groups is 2. The third kappa shape index (κ3) is 5.18. The highest BCUT2D eigenvalue weighted by atomic mass is 79.9. The van der Waals surface area contributed by atoms with Crippen LogP contribution in [0.1, 0.15) is 69.2 Å². The minimum atomic E-state index is -0.691. The Balaban J connectivity index is 1.17. The first-order valence-electron chi connectivity index (χ1n) is 15.5. The highest BCUT2D eigenvalue weighted by Crippen LogP contribution is 2.49. The number of pyridine rings is 1. The van der Waals surface area contributed by atoms with E-state index >= 15 is 0 Å². The number of fused-ring (bicyclic) bond motifs is 1. The predicted molar refractivity (Wildman–Crippen MR) is 167 cm³/mol. The molecule has 7 rings (SSSR count). The number of rotatable bonds is 10. The summed E-state index contributed by atoms with van der Waals surface area (Å²) in [6.45, 7) is 0.981. The smallest absolute Gasteiger partial charge is 0.330 e. The Bertz CT molecular complexity index is 1530. The highest BCUT2D eigenvalue weighted by Gasteiger charge is 2.58. The highest BCUT2D eigenvalue weighted by molar-refractivity contribution is 9.10. The Hall–Kier alpha value is -3.07. The van der Waals surface area contributed by atoms with E-state index in [2.05, 4.69) is 50.1 Å². The van der Waals surface area contributed by atoms with Gasteiger partial charge in [0, 0.05) is 37.0 Å². The molecule has 42 heavy (non-hydrogen) atoms. The average Bonchev–Trinajstić information content (AvgIpc) is 3.96. The van der Waals surface area contributed by atoms with E-state index in [1.165, 1.54) is 32.8 Å². The van der Waals surface area contributed by atoms with E-state index in [0.29, 0.717) is 12.3 Å². The number of ether oxygens (including phenoxy) is 1. The summed E-state index contributed by atoms with van der Waals surface area (Å²) in [6, 6.07) is 9.63. The van der Waals surface area contributed by atoms with E-state index in [1.54, 1.807) is 0 Å². The molecule has 1 unspecified atom stereocenters. The third-order valence-corrected chi connectivity index (χ3v) is 10.4. The van der Waals surface area contributed by atoms with E-state index in [1.807, 2.05) is 12.3 Å². The molecule has 2 atom stereocenters. The van der Waals surface area contributed by atoms with Crippen LogP contribution in [-0.4, -0.2) is 56.5 Å². The zero-order valence-corrected chi connectivity index (χ0v) is 25.7. The molecule has 1 spiro atoms. The van der Waals surface area contributed by atoms with Gasteiger partial charge in [-0.25, -0.2) is 14.8 Å². The predicted octanol–water partition coefficient (Wildman–Crippen LogP) is 6.02. The topological polar surface area (TPSA) is 98.5 Å². The standard InChI is InChI=1S/C33H38BrN5O3/c1-42-32(41)25(37-29-27(34)30(40)33(29)14-3-2-4-15-33)17-20-9-11-23(12-10-20)39-26(18-21-5-6-21)38-28-24(13-16-35-31(28)39)36-19-22-7-8-22/h9-13,16,21-22,25,27H,2-8,14-15,17-19H2,1H3,(H,35,36)/t25-,27?/m0/s1. The van der Waals surface area contributed by atoms with Gasteiger partial charge in [-0.1, -0.05) is 47.3 Å².